The fraction of sp³-hybridized carbons (Fsp3) is 0.412. The molecule has 0 aromatic carbocycles. The van der Waals surface area contributed by atoms with E-state index in [-0.39, 0.29) is 28.4 Å². The predicted octanol–water partition coefficient (Wildman–Crippen LogP) is 6.48. The van der Waals surface area contributed by atoms with Crippen LogP contribution < -0.4 is 5.32 Å². The first-order chi connectivity index (χ1) is 22.7. The van der Waals surface area contributed by atoms with Crippen molar-refractivity contribution in [3.05, 3.63) is 65.2 Å². The first-order valence-electron chi connectivity index (χ1n) is 15.9. The highest BCUT2D eigenvalue weighted by molar-refractivity contribution is 7.92. The highest BCUT2D eigenvalue weighted by Gasteiger charge is 2.43. The van der Waals surface area contributed by atoms with Crippen molar-refractivity contribution in [1.29, 1.82) is 5.26 Å². The Bertz CT molecular complexity index is 2090. The minimum absolute atomic E-state index is 0.0175. The third-order valence-corrected chi connectivity index (χ3v) is 12.1. The molecule has 5 aromatic heterocycles. The van der Waals surface area contributed by atoms with Crippen LogP contribution in [-0.2, 0) is 27.5 Å². The van der Waals surface area contributed by atoms with E-state index in [2.05, 4.69) is 39.3 Å². The van der Waals surface area contributed by atoms with Crippen LogP contribution >= 0.6 is 11.3 Å². The summed E-state index contributed by atoms with van der Waals surface area (Å²) < 4.78 is 40.7. The van der Waals surface area contributed by atoms with Crippen molar-refractivity contribution >= 4 is 37.1 Å². The average molecular weight is 670 g/mol. The molecule has 0 spiro atoms. The number of hydrogen-bond donors (Lipinski definition) is 1. The summed E-state index contributed by atoms with van der Waals surface area (Å²) in [6.45, 7) is 7.81. The number of thiophene rings is 1. The van der Waals surface area contributed by atoms with E-state index in [1.807, 2.05) is 24.3 Å². The molecule has 5 aromatic rings. The number of nitrogens with one attached hydrogen (secondary N) is 1. The van der Waals surface area contributed by atoms with Crippen molar-refractivity contribution in [2.75, 3.05) is 24.3 Å². The molecule has 11 nitrogen and oxygen atoms in total. The maximum absolute atomic E-state index is 14.1. The van der Waals surface area contributed by atoms with Crippen molar-refractivity contribution in [3.63, 3.8) is 0 Å². The van der Waals surface area contributed by atoms with E-state index in [1.54, 1.807) is 25.4 Å². The van der Waals surface area contributed by atoms with Gasteiger partial charge in [-0.2, -0.15) is 5.26 Å². The smallest absolute Gasteiger partial charge is 0.250 e. The van der Waals surface area contributed by atoms with Gasteiger partial charge in [-0.05, 0) is 66.7 Å². The molecule has 0 saturated carbocycles. The van der Waals surface area contributed by atoms with E-state index in [0.717, 1.165) is 58.7 Å². The minimum atomic E-state index is -3.68. The van der Waals surface area contributed by atoms with Crippen LogP contribution in [0.5, 0.6) is 0 Å². The van der Waals surface area contributed by atoms with E-state index in [1.165, 1.54) is 11.3 Å². The fourth-order valence-corrected chi connectivity index (χ4v) is 9.99. The molecule has 2 aliphatic rings. The Morgan fingerprint density at radius 2 is 1.96 bits per heavy atom. The Kier molecular flexibility index (Phi) is 8.50. The number of anilines is 1. The van der Waals surface area contributed by atoms with Gasteiger partial charge in [-0.25, -0.2) is 18.4 Å². The Labute approximate surface area is 277 Å². The van der Waals surface area contributed by atoms with Crippen molar-refractivity contribution < 1.29 is 17.6 Å². The Hall–Kier alpha value is -4.25. The average Bonchev–Trinajstić information content (AvgIpc) is 3.78. The van der Waals surface area contributed by atoms with Crippen molar-refractivity contribution in [1.82, 2.24) is 25.1 Å². The lowest BCUT2D eigenvalue weighted by molar-refractivity contribution is 0.0639. The van der Waals surface area contributed by atoms with Gasteiger partial charge < -0.3 is 14.5 Å². The van der Waals surface area contributed by atoms with Gasteiger partial charge in [-0.1, -0.05) is 19.9 Å². The molecule has 0 radical (unpaired) electrons. The summed E-state index contributed by atoms with van der Waals surface area (Å²) >= 11 is 1.48. The van der Waals surface area contributed by atoms with Gasteiger partial charge in [0.15, 0.2) is 9.84 Å². The van der Waals surface area contributed by atoms with Gasteiger partial charge in [0.25, 0.3) is 0 Å². The zero-order valence-corrected chi connectivity index (χ0v) is 28.1. The summed E-state index contributed by atoms with van der Waals surface area (Å²) in [6, 6.07) is 9.54. The summed E-state index contributed by atoms with van der Waals surface area (Å²) in [6.07, 6.45) is 6.96. The zero-order chi connectivity index (χ0) is 32.7. The van der Waals surface area contributed by atoms with Crippen LogP contribution in [0.15, 0.2) is 46.0 Å². The molecule has 47 heavy (non-hydrogen) atoms. The molecule has 7 rings (SSSR count). The highest BCUT2D eigenvalue weighted by atomic mass is 32.2. The minimum Gasteiger partial charge on any atom is -0.421 e. The van der Waals surface area contributed by atoms with Gasteiger partial charge in [0.05, 0.1) is 32.3 Å². The highest BCUT2D eigenvalue weighted by Crippen LogP contribution is 2.51. The standard InChI is InChI=1S/C34H35N7O4S2/c1-19(2)25-18-47(42,43)32-29(27-14-23-8-11-36-33(31(23)46-27)38-17-22-4-6-24(15-35)37-16-22)28(34-41-40-20(3)45-34)26(39-30(25)32)7-5-21-9-12-44-13-10-21/h4,6,8,11,14,16,19,21,25H,5,7,9-10,12-13,17-18H2,1-3H3,(H,36,38)/t25-/m0/s1. The molecular weight excluding hydrogens is 635 g/mol. The summed E-state index contributed by atoms with van der Waals surface area (Å²) in [5, 5.41) is 22.0. The Balaban J connectivity index is 1.39. The summed E-state index contributed by atoms with van der Waals surface area (Å²) in [5.41, 5.74) is 3.88. The molecule has 1 fully saturated rings. The van der Waals surface area contributed by atoms with Gasteiger partial charge in [0.2, 0.25) is 11.8 Å². The zero-order valence-electron chi connectivity index (χ0n) is 26.5. The van der Waals surface area contributed by atoms with Crippen LogP contribution in [0.1, 0.15) is 67.6 Å². The van der Waals surface area contributed by atoms with Crippen LogP contribution in [0, 0.1) is 30.1 Å². The number of fused-ring (bicyclic) bond motifs is 2. The lowest BCUT2D eigenvalue weighted by atomic mass is 9.89. The quantitative estimate of drug-likeness (QED) is 0.183. The molecule has 0 unspecified atom stereocenters. The number of pyridine rings is 3. The molecule has 2 aliphatic heterocycles. The molecule has 1 atom stereocenters. The molecule has 1 N–H and O–H groups in total. The normalized spacial score (nSPS) is 17.6. The SMILES string of the molecule is Cc1nnc(-c2c(CCC3CCOCC3)nc3c(c2-c2cc4ccnc(NCc5ccc(C#N)nc5)c4s2)S(=O)(=O)C[C@H]3C(C)C)o1. The maximum atomic E-state index is 14.1. The predicted molar refractivity (Wildman–Crippen MR) is 179 cm³/mol. The van der Waals surface area contributed by atoms with Crippen LogP contribution in [0.2, 0.25) is 0 Å². The van der Waals surface area contributed by atoms with Gasteiger partial charge in [0, 0.05) is 55.4 Å². The number of aryl methyl sites for hydroxylation is 2. The van der Waals surface area contributed by atoms with Gasteiger partial charge in [0.1, 0.15) is 17.6 Å². The van der Waals surface area contributed by atoms with Gasteiger partial charge in [-0.3, -0.25) is 4.98 Å². The van der Waals surface area contributed by atoms with Crippen LogP contribution in [0.4, 0.5) is 5.82 Å². The van der Waals surface area contributed by atoms with Gasteiger partial charge in [-0.15, -0.1) is 21.5 Å². The molecule has 0 amide bonds. The molecule has 13 heteroatoms. The van der Waals surface area contributed by atoms with E-state index in [4.69, 9.17) is 19.4 Å². The molecule has 0 aliphatic carbocycles. The second-order valence-electron chi connectivity index (χ2n) is 12.6. The van der Waals surface area contributed by atoms with E-state index in [0.29, 0.717) is 53.1 Å². The van der Waals surface area contributed by atoms with Crippen molar-refractivity contribution in [2.45, 2.75) is 63.8 Å². The van der Waals surface area contributed by atoms with Crippen LogP contribution in [0.25, 0.3) is 32.0 Å². The topological polar surface area (TPSA) is 157 Å². The number of hydrogen-bond acceptors (Lipinski definition) is 12. The third kappa shape index (κ3) is 6.13. The Morgan fingerprint density at radius 1 is 1.13 bits per heavy atom. The lowest BCUT2D eigenvalue weighted by Gasteiger charge is -2.23. The Morgan fingerprint density at radius 3 is 2.66 bits per heavy atom. The molecule has 7 heterocycles. The van der Waals surface area contributed by atoms with E-state index >= 15 is 0 Å². The molecule has 242 valence electrons. The first kappa shape index (κ1) is 31.4. The summed E-state index contributed by atoms with van der Waals surface area (Å²) in [4.78, 5) is 15.0. The number of aromatic nitrogens is 5. The lowest BCUT2D eigenvalue weighted by Crippen LogP contribution is -2.17. The van der Waals surface area contributed by atoms with Crippen molar-refractivity contribution in [2.24, 2.45) is 11.8 Å². The summed E-state index contributed by atoms with van der Waals surface area (Å²) in [5.74, 6) is 1.73. The number of ether oxygens (including phenoxy) is 1. The molecule has 0 bridgehead atoms. The van der Waals surface area contributed by atoms with Crippen molar-refractivity contribution in [3.8, 4) is 28.0 Å². The second-order valence-corrected chi connectivity index (χ2v) is 15.6. The first-order valence-corrected chi connectivity index (χ1v) is 18.3. The number of nitriles is 1. The monoisotopic (exact) mass is 669 g/mol. The van der Waals surface area contributed by atoms with Crippen LogP contribution in [0.3, 0.4) is 0 Å². The number of sulfone groups is 1. The molecular formula is C34H35N7O4S2. The van der Waals surface area contributed by atoms with Crippen LogP contribution in [-0.4, -0.2) is 52.5 Å². The fourth-order valence-electron chi connectivity index (χ4n) is 6.53. The third-order valence-electron chi connectivity index (χ3n) is 9.07. The number of rotatable bonds is 9. The second kappa shape index (κ2) is 12.7. The largest absolute Gasteiger partial charge is 0.421 e. The number of nitrogens with zero attached hydrogens (tertiary/aromatic N) is 6. The molecule has 1 saturated heterocycles. The summed E-state index contributed by atoms with van der Waals surface area (Å²) in [7, 11) is -3.68. The van der Waals surface area contributed by atoms with E-state index < -0.39 is 9.84 Å². The maximum Gasteiger partial charge on any atom is 0.250 e. The van der Waals surface area contributed by atoms with E-state index in [9.17, 15) is 8.42 Å². The van der Waals surface area contributed by atoms with Gasteiger partial charge >= 0.3 is 0 Å².